The third kappa shape index (κ3) is 4.63. The highest BCUT2D eigenvalue weighted by Crippen LogP contribution is 2.22. The molecule has 1 aromatic carbocycles. The lowest BCUT2D eigenvalue weighted by Gasteiger charge is -2.09. The summed E-state index contributed by atoms with van der Waals surface area (Å²) < 4.78 is 9.74. The zero-order chi connectivity index (χ0) is 12.7. The molecule has 0 saturated heterocycles. The molecule has 0 aliphatic heterocycles. The molecule has 0 bridgehead atoms. The molecule has 0 aromatic heterocycles. The summed E-state index contributed by atoms with van der Waals surface area (Å²) in [4.78, 5) is 10.9. The van der Waals surface area contributed by atoms with Gasteiger partial charge in [-0.1, -0.05) is 11.6 Å². The predicted octanol–water partition coefficient (Wildman–Crippen LogP) is 1.65. The first-order chi connectivity index (χ1) is 8.17. The van der Waals surface area contributed by atoms with Gasteiger partial charge in [0, 0.05) is 5.02 Å². The third-order valence-electron chi connectivity index (χ3n) is 2.31. The van der Waals surface area contributed by atoms with E-state index in [1.165, 1.54) is 7.11 Å². The molecule has 0 amide bonds. The Hall–Kier alpha value is -1.26. The van der Waals surface area contributed by atoms with E-state index in [1.807, 2.05) is 12.1 Å². The van der Waals surface area contributed by atoms with Crippen LogP contribution < -0.4 is 10.1 Å². The largest absolute Gasteiger partial charge is 0.496 e. The summed E-state index contributed by atoms with van der Waals surface area (Å²) in [5, 5.41) is 3.66. The summed E-state index contributed by atoms with van der Waals surface area (Å²) in [5.41, 5.74) is 1.01. The van der Waals surface area contributed by atoms with Gasteiger partial charge in [0.2, 0.25) is 0 Å². The Bertz CT molecular complexity index is 382. The predicted molar refractivity (Wildman–Crippen MR) is 66.6 cm³/mol. The maximum Gasteiger partial charge on any atom is 0.319 e. The third-order valence-corrected chi connectivity index (χ3v) is 2.55. The molecule has 0 heterocycles. The lowest BCUT2D eigenvalue weighted by molar-refractivity contribution is -0.139. The van der Waals surface area contributed by atoms with Crippen LogP contribution in [0.2, 0.25) is 5.02 Å². The molecule has 4 nitrogen and oxygen atoms in total. The van der Waals surface area contributed by atoms with Crippen molar-refractivity contribution in [3.63, 3.8) is 0 Å². The zero-order valence-electron chi connectivity index (χ0n) is 9.96. The van der Waals surface area contributed by atoms with Crippen LogP contribution in [0.3, 0.4) is 0 Å². The Morgan fingerprint density at radius 3 is 2.82 bits per heavy atom. The Kier molecular flexibility index (Phi) is 5.80. The number of ether oxygens (including phenoxy) is 2. The standard InChI is InChI=1S/C12H16ClNO3/c1-16-11-4-3-10(13)7-9(11)5-6-14-8-12(15)17-2/h3-4,7,14H,5-6,8H2,1-2H3. The SMILES string of the molecule is COC(=O)CNCCc1cc(Cl)ccc1OC. The highest BCUT2D eigenvalue weighted by atomic mass is 35.5. The molecule has 1 N–H and O–H groups in total. The number of hydrogen-bond acceptors (Lipinski definition) is 4. The maximum absolute atomic E-state index is 10.9. The van der Waals surface area contributed by atoms with E-state index in [1.54, 1.807) is 13.2 Å². The summed E-state index contributed by atoms with van der Waals surface area (Å²) >= 11 is 5.91. The Morgan fingerprint density at radius 1 is 1.41 bits per heavy atom. The van der Waals surface area contributed by atoms with E-state index in [-0.39, 0.29) is 12.5 Å². The number of rotatable bonds is 6. The van der Waals surface area contributed by atoms with Gasteiger partial charge in [-0.15, -0.1) is 0 Å². The maximum atomic E-state index is 10.9. The van der Waals surface area contributed by atoms with Crippen molar-refractivity contribution in [1.82, 2.24) is 5.32 Å². The van der Waals surface area contributed by atoms with E-state index in [0.717, 1.165) is 17.7 Å². The molecule has 5 heteroatoms. The van der Waals surface area contributed by atoms with Crippen LogP contribution in [-0.4, -0.2) is 33.3 Å². The van der Waals surface area contributed by atoms with E-state index >= 15 is 0 Å². The molecule has 94 valence electrons. The number of methoxy groups -OCH3 is 2. The smallest absolute Gasteiger partial charge is 0.319 e. The van der Waals surface area contributed by atoms with Gasteiger partial charge in [-0.05, 0) is 36.7 Å². The number of benzene rings is 1. The molecule has 0 saturated carbocycles. The minimum Gasteiger partial charge on any atom is -0.496 e. The number of carbonyl (C=O) groups is 1. The van der Waals surface area contributed by atoms with Crippen LogP contribution in [0.15, 0.2) is 18.2 Å². The summed E-state index contributed by atoms with van der Waals surface area (Å²) in [5.74, 6) is 0.525. The first-order valence-corrected chi connectivity index (χ1v) is 5.65. The number of esters is 1. The molecular weight excluding hydrogens is 242 g/mol. The van der Waals surface area contributed by atoms with Crippen molar-refractivity contribution in [2.45, 2.75) is 6.42 Å². The van der Waals surface area contributed by atoms with Crippen LogP contribution in [0, 0.1) is 0 Å². The number of hydrogen-bond donors (Lipinski definition) is 1. The topological polar surface area (TPSA) is 47.6 Å². The molecule has 1 aromatic rings. The normalized spacial score (nSPS) is 10.1. The Balaban J connectivity index is 2.45. The number of carbonyl (C=O) groups excluding carboxylic acids is 1. The highest BCUT2D eigenvalue weighted by molar-refractivity contribution is 6.30. The quantitative estimate of drug-likeness (QED) is 0.622. The van der Waals surface area contributed by atoms with Gasteiger partial charge in [-0.3, -0.25) is 4.79 Å². The molecule has 17 heavy (non-hydrogen) atoms. The van der Waals surface area contributed by atoms with Crippen LogP contribution in [0.25, 0.3) is 0 Å². The summed E-state index contributed by atoms with van der Waals surface area (Å²) in [6.07, 6.45) is 0.737. The second-order valence-corrected chi connectivity index (χ2v) is 3.90. The average Bonchev–Trinajstić information content (AvgIpc) is 2.34. The van der Waals surface area contributed by atoms with E-state index in [9.17, 15) is 4.79 Å². The van der Waals surface area contributed by atoms with Crippen LogP contribution in [0.1, 0.15) is 5.56 Å². The minimum atomic E-state index is -0.275. The summed E-state index contributed by atoms with van der Waals surface area (Å²) in [6, 6.07) is 5.48. The van der Waals surface area contributed by atoms with Crippen molar-refractivity contribution >= 4 is 17.6 Å². The summed E-state index contributed by atoms with van der Waals surface area (Å²) in [6.45, 7) is 0.866. The van der Waals surface area contributed by atoms with Crippen molar-refractivity contribution in [3.05, 3.63) is 28.8 Å². The molecule has 1 rings (SSSR count). The summed E-state index contributed by atoms with van der Waals surface area (Å²) in [7, 11) is 2.98. The fraction of sp³-hybridized carbons (Fsp3) is 0.417. The zero-order valence-corrected chi connectivity index (χ0v) is 10.7. The molecular formula is C12H16ClNO3. The lowest BCUT2D eigenvalue weighted by Crippen LogP contribution is -2.25. The number of halogens is 1. The van der Waals surface area contributed by atoms with Gasteiger partial charge in [0.05, 0.1) is 20.8 Å². The molecule has 0 fully saturated rings. The fourth-order valence-corrected chi connectivity index (χ4v) is 1.62. The van der Waals surface area contributed by atoms with E-state index < -0.39 is 0 Å². The second-order valence-electron chi connectivity index (χ2n) is 3.46. The highest BCUT2D eigenvalue weighted by Gasteiger charge is 2.04. The molecule has 0 aliphatic carbocycles. The van der Waals surface area contributed by atoms with Crippen molar-refractivity contribution in [3.8, 4) is 5.75 Å². The first kappa shape index (κ1) is 13.8. The van der Waals surface area contributed by atoms with Gasteiger partial charge < -0.3 is 14.8 Å². The monoisotopic (exact) mass is 257 g/mol. The van der Waals surface area contributed by atoms with Gasteiger partial charge >= 0.3 is 5.97 Å². The lowest BCUT2D eigenvalue weighted by atomic mass is 10.1. The van der Waals surface area contributed by atoms with Crippen LogP contribution in [-0.2, 0) is 16.0 Å². The van der Waals surface area contributed by atoms with Crippen LogP contribution in [0.5, 0.6) is 5.75 Å². The van der Waals surface area contributed by atoms with E-state index in [0.29, 0.717) is 11.6 Å². The van der Waals surface area contributed by atoms with Gasteiger partial charge in [-0.25, -0.2) is 0 Å². The van der Waals surface area contributed by atoms with Gasteiger partial charge in [0.25, 0.3) is 0 Å². The van der Waals surface area contributed by atoms with Crippen molar-refractivity contribution in [2.24, 2.45) is 0 Å². The molecule has 0 aliphatic rings. The average molecular weight is 258 g/mol. The number of nitrogens with one attached hydrogen (secondary N) is 1. The second kappa shape index (κ2) is 7.14. The van der Waals surface area contributed by atoms with Gasteiger partial charge in [0.15, 0.2) is 0 Å². The van der Waals surface area contributed by atoms with E-state index in [2.05, 4.69) is 10.1 Å². The van der Waals surface area contributed by atoms with Crippen LogP contribution >= 0.6 is 11.6 Å². The minimum absolute atomic E-state index is 0.208. The molecule has 0 atom stereocenters. The van der Waals surface area contributed by atoms with Crippen molar-refractivity contribution < 1.29 is 14.3 Å². The Labute approximate surface area is 106 Å². The van der Waals surface area contributed by atoms with E-state index in [4.69, 9.17) is 16.3 Å². The molecule has 0 unspecified atom stereocenters. The molecule has 0 radical (unpaired) electrons. The fourth-order valence-electron chi connectivity index (χ4n) is 1.43. The van der Waals surface area contributed by atoms with Gasteiger partial charge in [-0.2, -0.15) is 0 Å². The van der Waals surface area contributed by atoms with Gasteiger partial charge in [0.1, 0.15) is 5.75 Å². The van der Waals surface area contributed by atoms with Crippen molar-refractivity contribution in [1.29, 1.82) is 0 Å². The molecule has 0 spiro atoms. The van der Waals surface area contributed by atoms with Crippen molar-refractivity contribution in [2.75, 3.05) is 27.3 Å². The first-order valence-electron chi connectivity index (χ1n) is 5.27. The Morgan fingerprint density at radius 2 is 2.18 bits per heavy atom. The van der Waals surface area contributed by atoms with Crippen LogP contribution in [0.4, 0.5) is 0 Å².